The van der Waals surface area contributed by atoms with E-state index in [1.54, 1.807) is 0 Å². The SMILES string of the molecule is CCN(CC1CCCO1)c1nccc(C)c1C(N)=S. The fourth-order valence-electron chi connectivity index (χ4n) is 2.49. The average molecular weight is 279 g/mol. The molecule has 0 spiro atoms. The van der Waals surface area contributed by atoms with Crippen molar-refractivity contribution in [3.63, 3.8) is 0 Å². The second kappa shape index (κ2) is 6.30. The van der Waals surface area contributed by atoms with Gasteiger partial charge in [0, 0.05) is 25.9 Å². The Balaban J connectivity index is 2.26. The summed E-state index contributed by atoms with van der Waals surface area (Å²) in [6.07, 6.45) is 4.36. The summed E-state index contributed by atoms with van der Waals surface area (Å²) >= 11 is 5.17. The van der Waals surface area contributed by atoms with Crippen LogP contribution in [0.2, 0.25) is 0 Å². The molecule has 5 heteroatoms. The number of hydrogen-bond acceptors (Lipinski definition) is 4. The molecule has 1 aromatic heterocycles. The van der Waals surface area contributed by atoms with E-state index >= 15 is 0 Å². The lowest BCUT2D eigenvalue weighted by molar-refractivity contribution is 0.115. The lowest BCUT2D eigenvalue weighted by Gasteiger charge is -2.27. The van der Waals surface area contributed by atoms with Crippen LogP contribution in [0.25, 0.3) is 0 Å². The van der Waals surface area contributed by atoms with E-state index in [-0.39, 0.29) is 0 Å². The maximum Gasteiger partial charge on any atom is 0.139 e. The van der Waals surface area contributed by atoms with Crippen LogP contribution in [0.4, 0.5) is 5.82 Å². The Kier molecular flexibility index (Phi) is 4.71. The molecule has 1 aliphatic rings. The molecular formula is C14H21N3OS. The normalized spacial score (nSPS) is 18.5. The van der Waals surface area contributed by atoms with Crippen molar-refractivity contribution in [2.24, 2.45) is 5.73 Å². The van der Waals surface area contributed by atoms with Gasteiger partial charge < -0.3 is 15.4 Å². The van der Waals surface area contributed by atoms with E-state index < -0.39 is 0 Å². The van der Waals surface area contributed by atoms with Crippen LogP contribution < -0.4 is 10.6 Å². The van der Waals surface area contributed by atoms with Crippen LogP contribution in [0.1, 0.15) is 30.9 Å². The second-order valence-corrected chi connectivity index (χ2v) is 5.30. The van der Waals surface area contributed by atoms with Crippen LogP contribution in [-0.4, -0.2) is 35.8 Å². The number of thiocarbonyl (C=S) groups is 1. The maximum absolute atomic E-state index is 5.85. The quantitative estimate of drug-likeness (QED) is 0.836. The van der Waals surface area contributed by atoms with Crippen molar-refractivity contribution in [3.8, 4) is 0 Å². The van der Waals surface area contributed by atoms with Gasteiger partial charge in [-0.1, -0.05) is 12.2 Å². The van der Waals surface area contributed by atoms with Crippen LogP contribution in [0, 0.1) is 6.92 Å². The Morgan fingerprint density at radius 1 is 1.63 bits per heavy atom. The molecule has 1 fully saturated rings. The van der Waals surface area contributed by atoms with Crippen LogP contribution in [0.5, 0.6) is 0 Å². The Morgan fingerprint density at radius 3 is 3.00 bits per heavy atom. The van der Waals surface area contributed by atoms with Crippen LogP contribution in [0.3, 0.4) is 0 Å². The zero-order valence-electron chi connectivity index (χ0n) is 11.6. The molecule has 4 nitrogen and oxygen atoms in total. The van der Waals surface area contributed by atoms with Gasteiger partial charge in [-0.25, -0.2) is 4.98 Å². The van der Waals surface area contributed by atoms with E-state index in [0.717, 1.165) is 49.5 Å². The lowest BCUT2D eigenvalue weighted by Crippen LogP contribution is -2.34. The number of ether oxygens (including phenoxy) is 1. The highest BCUT2D eigenvalue weighted by Gasteiger charge is 2.22. The van der Waals surface area contributed by atoms with Gasteiger partial charge in [-0.2, -0.15) is 0 Å². The number of nitrogens with zero attached hydrogens (tertiary/aromatic N) is 2. The molecule has 1 unspecified atom stereocenters. The highest BCUT2D eigenvalue weighted by atomic mass is 32.1. The van der Waals surface area contributed by atoms with Crippen molar-refractivity contribution in [2.75, 3.05) is 24.6 Å². The Hall–Kier alpha value is -1.20. The topological polar surface area (TPSA) is 51.4 Å². The van der Waals surface area contributed by atoms with Crippen molar-refractivity contribution in [1.29, 1.82) is 0 Å². The summed E-state index contributed by atoms with van der Waals surface area (Å²) < 4.78 is 5.70. The first-order valence-corrected chi connectivity index (χ1v) is 7.16. The summed E-state index contributed by atoms with van der Waals surface area (Å²) in [5.74, 6) is 0.880. The summed E-state index contributed by atoms with van der Waals surface area (Å²) in [5, 5.41) is 0. The zero-order valence-corrected chi connectivity index (χ0v) is 12.4. The van der Waals surface area contributed by atoms with Crippen LogP contribution >= 0.6 is 12.2 Å². The first-order valence-electron chi connectivity index (χ1n) is 6.75. The highest BCUT2D eigenvalue weighted by molar-refractivity contribution is 7.80. The molecule has 2 rings (SSSR count). The standard InChI is InChI=1S/C14H21N3OS/c1-3-17(9-11-5-4-8-18-11)14-12(13(15)19)10(2)6-7-16-14/h6-7,11H,3-5,8-9H2,1-2H3,(H2,15,19). The van der Waals surface area contributed by atoms with Gasteiger partial charge in [0.1, 0.15) is 10.8 Å². The van der Waals surface area contributed by atoms with Crippen LogP contribution in [0.15, 0.2) is 12.3 Å². The number of aromatic nitrogens is 1. The van der Waals surface area contributed by atoms with Gasteiger partial charge in [-0.3, -0.25) is 0 Å². The number of pyridine rings is 1. The van der Waals surface area contributed by atoms with Gasteiger partial charge in [-0.15, -0.1) is 0 Å². The van der Waals surface area contributed by atoms with Crippen LogP contribution in [-0.2, 0) is 4.74 Å². The zero-order chi connectivity index (χ0) is 13.8. The molecule has 1 aromatic rings. The monoisotopic (exact) mass is 279 g/mol. The smallest absolute Gasteiger partial charge is 0.139 e. The second-order valence-electron chi connectivity index (χ2n) is 4.86. The third kappa shape index (κ3) is 3.22. The van der Waals surface area contributed by atoms with Gasteiger partial charge in [0.25, 0.3) is 0 Å². The first-order chi connectivity index (χ1) is 9.13. The fraction of sp³-hybridized carbons (Fsp3) is 0.571. The number of likely N-dealkylation sites (N-methyl/N-ethyl adjacent to an activating group) is 1. The summed E-state index contributed by atoms with van der Waals surface area (Å²) in [6.45, 7) is 6.71. The first kappa shape index (κ1) is 14.2. The molecule has 104 valence electrons. The molecule has 1 atom stereocenters. The van der Waals surface area contributed by atoms with E-state index in [0.29, 0.717) is 11.1 Å². The Labute approximate surface area is 120 Å². The maximum atomic E-state index is 5.85. The minimum atomic E-state index is 0.293. The summed E-state index contributed by atoms with van der Waals surface area (Å²) in [6, 6.07) is 1.94. The lowest BCUT2D eigenvalue weighted by atomic mass is 10.1. The van der Waals surface area contributed by atoms with E-state index in [1.807, 2.05) is 19.2 Å². The molecule has 0 aliphatic carbocycles. The molecule has 0 saturated carbocycles. The van der Waals surface area contributed by atoms with Crippen molar-refractivity contribution in [3.05, 3.63) is 23.4 Å². The van der Waals surface area contributed by atoms with Crippen molar-refractivity contribution in [1.82, 2.24) is 4.98 Å². The van der Waals surface area contributed by atoms with Crippen molar-refractivity contribution < 1.29 is 4.74 Å². The number of hydrogen-bond donors (Lipinski definition) is 1. The van der Waals surface area contributed by atoms with E-state index in [9.17, 15) is 0 Å². The molecule has 1 aliphatic heterocycles. The van der Waals surface area contributed by atoms with Gasteiger partial charge in [0.15, 0.2) is 0 Å². The molecule has 1 saturated heterocycles. The van der Waals surface area contributed by atoms with Gasteiger partial charge >= 0.3 is 0 Å². The number of aryl methyl sites for hydroxylation is 1. The van der Waals surface area contributed by atoms with Gasteiger partial charge in [0.05, 0.1) is 11.7 Å². The molecule has 2 N–H and O–H groups in total. The third-order valence-electron chi connectivity index (χ3n) is 3.51. The van der Waals surface area contributed by atoms with Gasteiger partial charge in [-0.05, 0) is 38.3 Å². The molecule has 0 aromatic carbocycles. The molecule has 0 bridgehead atoms. The third-order valence-corrected chi connectivity index (χ3v) is 3.72. The molecule has 0 radical (unpaired) electrons. The van der Waals surface area contributed by atoms with Crippen molar-refractivity contribution >= 4 is 23.0 Å². The highest BCUT2D eigenvalue weighted by Crippen LogP contribution is 2.23. The summed E-state index contributed by atoms with van der Waals surface area (Å²) in [5.41, 5.74) is 7.81. The Morgan fingerprint density at radius 2 is 2.42 bits per heavy atom. The number of anilines is 1. The predicted molar refractivity (Wildman–Crippen MR) is 81.7 cm³/mol. The summed E-state index contributed by atoms with van der Waals surface area (Å²) in [7, 11) is 0. The van der Waals surface area contributed by atoms with Gasteiger partial charge in [0.2, 0.25) is 0 Å². The van der Waals surface area contributed by atoms with E-state index in [4.69, 9.17) is 22.7 Å². The minimum absolute atomic E-state index is 0.293. The molecule has 19 heavy (non-hydrogen) atoms. The number of nitrogens with two attached hydrogens (primary N) is 1. The number of rotatable bonds is 5. The average Bonchev–Trinajstić information content (AvgIpc) is 2.88. The van der Waals surface area contributed by atoms with E-state index in [1.165, 1.54) is 0 Å². The minimum Gasteiger partial charge on any atom is -0.389 e. The Bertz CT molecular complexity index is 458. The van der Waals surface area contributed by atoms with Crippen molar-refractivity contribution in [2.45, 2.75) is 32.8 Å². The molecule has 2 heterocycles. The molecular weight excluding hydrogens is 258 g/mol. The predicted octanol–water partition coefficient (Wildman–Crippen LogP) is 2.03. The fourth-order valence-corrected chi connectivity index (χ4v) is 2.74. The summed E-state index contributed by atoms with van der Waals surface area (Å²) in [4.78, 5) is 7.09. The molecule has 0 amide bonds. The largest absolute Gasteiger partial charge is 0.389 e. The van der Waals surface area contributed by atoms with E-state index in [2.05, 4.69) is 16.8 Å².